The lowest BCUT2D eigenvalue weighted by molar-refractivity contribution is -0.140. The van der Waals surface area contributed by atoms with Crippen LogP contribution in [0.2, 0.25) is 0 Å². The van der Waals surface area contributed by atoms with Crippen LogP contribution < -0.4 is 5.32 Å². The molecule has 1 aromatic heterocycles. The number of aliphatic carboxylic acids is 1. The molecule has 1 aliphatic rings. The van der Waals surface area contributed by atoms with Gasteiger partial charge in [-0.2, -0.15) is 0 Å². The van der Waals surface area contributed by atoms with Crippen molar-refractivity contribution in [2.75, 3.05) is 19.8 Å². The lowest BCUT2D eigenvalue weighted by atomic mass is 10.1. The first-order valence-corrected chi connectivity index (χ1v) is 7.36. The highest BCUT2D eigenvalue weighted by Gasteiger charge is 2.24. The Morgan fingerprint density at radius 2 is 2.35 bits per heavy atom. The van der Waals surface area contributed by atoms with E-state index in [4.69, 9.17) is 9.84 Å². The van der Waals surface area contributed by atoms with E-state index in [1.165, 1.54) is 11.3 Å². The van der Waals surface area contributed by atoms with Crippen LogP contribution in [0.5, 0.6) is 0 Å². The molecule has 2 heterocycles. The topological polar surface area (TPSA) is 88.5 Å². The molecule has 2 rings (SSSR count). The van der Waals surface area contributed by atoms with E-state index in [1.54, 1.807) is 13.8 Å². The Morgan fingerprint density at radius 1 is 1.60 bits per heavy atom. The molecule has 20 heavy (non-hydrogen) atoms. The average Bonchev–Trinajstić information content (AvgIpc) is 3.04. The van der Waals surface area contributed by atoms with Crippen LogP contribution in [0.4, 0.5) is 0 Å². The molecule has 7 heteroatoms. The minimum Gasteiger partial charge on any atom is -0.481 e. The number of nitrogens with one attached hydrogen (secondary N) is 1. The van der Waals surface area contributed by atoms with Crippen LogP contribution in [-0.4, -0.2) is 41.7 Å². The summed E-state index contributed by atoms with van der Waals surface area (Å²) in [5, 5.41) is 12.4. The van der Waals surface area contributed by atoms with E-state index in [0.717, 1.165) is 18.0 Å². The number of carboxylic acid groups (broad SMARTS) is 1. The Bertz CT molecular complexity index is 508. The highest BCUT2D eigenvalue weighted by atomic mass is 32.1. The maximum atomic E-state index is 12.1. The normalized spacial score (nSPS) is 19.8. The predicted molar refractivity (Wildman–Crippen MR) is 74.2 cm³/mol. The van der Waals surface area contributed by atoms with Crippen molar-refractivity contribution in [3.05, 3.63) is 15.6 Å². The molecule has 2 unspecified atom stereocenters. The van der Waals surface area contributed by atoms with Crippen molar-refractivity contribution in [3.8, 4) is 0 Å². The number of aromatic nitrogens is 1. The number of carboxylic acids is 1. The fourth-order valence-electron chi connectivity index (χ4n) is 1.95. The molecule has 0 spiro atoms. The SMILES string of the molecule is Cc1nc(C2CCOC2)sc1C(=O)NCC(C)C(=O)O. The zero-order chi connectivity index (χ0) is 14.7. The summed E-state index contributed by atoms with van der Waals surface area (Å²) in [7, 11) is 0. The zero-order valence-electron chi connectivity index (χ0n) is 11.5. The lowest BCUT2D eigenvalue weighted by Crippen LogP contribution is -2.31. The van der Waals surface area contributed by atoms with Crippen molar-refractivity contribution in [2.45, 2.75) is 26.2 Å². The molecule has 0 aromatic carbocycles. The van der Waals surface area contributed by atoms with E-state index in [2.05, 4.69) is 10.3 Å². The highest BCUT2D eigenvalue weighted by molar-refractivity contribution is 7.13. The maximum absolute atomic E-state index is 12.1. The second kappa shape index (κ2) is 6.32. The Morgan fingerprint density at radius 3 is 2.95 bits per heavy atom. The van der Waals surface area contributed by atoms with Crippen LogP contribution in [0.15, 0.2) is 0 Å². The lowest BCUT2D eigenvalue weighted by Gasteiger charge is -2.07. The minimum atomic E-state index is -0.921. The van der Waals surface area contributed by atoms with Gasteiger partial charge in [0, 0.05) is 19.1 Å². The molecule has 0 aliphatic carbocycles. The van der Waals surface area contributed by atoms with Gasteiger partial charge in [-0.05, 0) is 13.3 Å². The van der Waals surface area contributed by atoms with Gasteiger partial charge >= 0.3 is 5.97 Å². The number of carbonyl (C=O) groups is 2. The van der Waals surface area contributed by atoms with Crippen molar-refractivity contribution in [1.29, 1.82) is 0 Å². The first kappa shape index (κ1) is 14.9. The largest absolute Gasteiger partial charge is 0.481 e. The second-order valence-electron chi connectivity index (χ2n) is 4.98. The summed E-state index contributed by atoms with van der Waals surface area (Å²) in [5.74, 6) is -1.50. The van der Waals surface area contributed by atoms with E-state index >= 15 is 0 Å². The molecule has 2 N–H and O–H groups in total. The van der Waals surface area contributed by atoms with Crippen LogP contribution in [0.25, 0.3) is 0 Å². The van der Waals surface area contributed by atoms with Crippen molar-refractivity contribution < 1.29 is 19.4 Å². The van der Waals surface area contributed by atoms with Crippen LogP contribution in [0.1, 0.15) is 39.6 Å². The number of hydrogen-bond donors (Lipinski definition) is 2. The highest BCUT2D eigenvalue weighted by Crippen LogP contribution is 2.30. The van der Waals surface area contributed by atoms with Gasteiger partial charge in [0.05, 0.1) is 23.2 Å². The smallest absolute Gasteiger partial charge is 0.308 e. The van der Waals surface area contributed by atoms with Crippen LogP contribution in [0, 0.1) is 12.8 Å². The number of carbonyl (C=O) groups excluding carboxylic acids is 1. The third kappa shape index (κ3) is 3.34. The molecule has 1 fully saturated rings. The number of ether oxygens (including phenoxy) is 1. The molecule has 0 radical (unpaired) electrons. The molecule has 1 amide bonds. The van der Waals surface area contributed by atoms with Gasteiger partial charge in [-0.15, -0.1) is 11.3 Å². The molecule has 0 saturated carbocycles. The van der Waals surface area contributed by atoms with E-state index in [9.17, 15) is 9.59 Å². The Hall–Kier alpha value is -1.47. The summed E-state index contributed by atoms with van der Waals surface area (Å²) in [6, 6.07) is 0. The first-order valence-electron chi connectivity index (χ1n) is 6.55. The quantitative estimate of drug-likeness (QED) is 0.858. The first-order chi connectivity index (χ1) is 9.49. The average molecular weight is 298 g/mol. The van der Waals surface area contributed by atoms with E-state index in [0.29, 0.717) is 17.2 Å². The van der Waals surface area contributed by atoms with Gasteiger partial charge in [0.1, 0.15) is 4.88 Å². The van der Waals surface area contributed by atoms with E-state index < -0.39 is 11.9 Å². The van der Waals surface area contributed by atoms with Gasteiger partial charge in [0.2, 0.25) is 0 Å². The number of amides is 1. The fourth-order valence-corrected chi connectivity index (χ4v) is 3.05. The number of thiazole rings is 1. The fraction of sp³-hybridized carbons (Fsp3) is 0.615. The maximum Gasteiger partial charge on any atom is 0.308 e. The Labute approximate surface area is 121 Å². The monoisotopic (exact) mass is 298 g/mol. The van der Waals surface area contributed by atoms with Crippen LogP contribution >= 0.6 is 11.3 Å². The molecule has 110 valence electrons. The van der Waals surface area contributed by atoms with Gasteiger partial charge in [0.25, 0.3) is 5.91 Å². The minimum absolute atomic E-state index is 0.118. The van der Waals surface area contributed by atoms with Crippen molar-refractivity contribution in [2.24, 2.45) is 5.92 Å². The summed E-state index contributed by atoms with van der Waals surface area (Å²) >= 11 is 1.37. The van der Waals surface area contributed by atoms with Gasteiger partial charge in [-0.3, -0.25) is 9.59 Å². The summed E-state index contributed by atoms with van der Waals surface area (Å²) in [6.45, 7) is 4.87. The summed E-state index contributed by atoms with van der Waals surface area (Å²) in [4.78, 5) is 27.8. The van der Waals surface area contributed by atoms with Crippen molar-refractivity contribution in [3.63, 3.8) is 0 Å². The number of rotatable bonds is 5. The van der Waals surface area contributed by atoms with E-state index in [1.807, 2.05) is 0 Å². The Kier molecular flexibility index (Phi) is 4.72. The number of nitrogens with zero attached hydrogens (tertiary/aromatic N) is 1. The third-order valence-electron chi connectivity index (χ3n) is 3.29. The Balaban J connectivity index is 2.00. The van der Waals surface area contributed by atoms with Crippen molar-refractivity contribution in [1.82, 2.24) is 10.3 Å². The molecular weight excluding hydrogens is 280 g/mol. The van der Waals surface area contributed by atoms with Crippen LogP contribution in [0.3, 0.4) is 0 Å². The summed E-state index contributed by atoms with van der Waals surface area (Å²) in [6.07, 6.45) is 0.935. The molecular formula is C13H18N2O4S. The molecule has 6 nitrogen and oxygen atoms in total. The zero-order valence-corrected chi connectivity index (χ0v) is 12.3. The molecule has 0 bridgehead atoms. The van der Waals surface area contributed by atoms with Gasteiger partial charge < -0.3 is 15.2 Å². The summed E-state index contributed by atoms with van der Waals surface area (Å²) < 4.78 is 5.33. The van der Waals surface area contributed by atoms with Crippen molar-refractivity contribution >= 4 is 23.2 Å². The van der Waals surface area contributed by atoms with Gasteiger partial charge in [-0.25, -0.2) is 4.98 Å². The summed E-state index contributed by atoms with van der Waals surface area (Å²) in [5.41, 5.74) is 0.692. The number of aryl methyl sites for hydroxylation is 1. The van der Waals surface area contributed by atoms with Gasteiger partial charge in [0.15, 0.2) is 0 Å². The van der Waals surface area contributed by atoms with E-state index in [-0.39, 0.29) is 18.4 Å². The van der Waals surface area contributed by atoms with Gasteiger partial charge in [-0.1, -0.05) is 6.92 Å². The van der Waals surface area contributed by atoms with Crippen LogP contribution in [-0.2, 0) is 9.53 Å². The molecule has 1 saturated heterocycles. The standard InChI is InChI=1S/C13H18N2O4S/c1-7(13(17)18)5-14-11(16)10-8(2)15-12(20-10)9-3-4-19-6-9/h7,9H,3-6H2,1-2H3,(H,14,16)(H,17,18). The predicted octanol–water partition coefficient (Wildman–Crippen LogP) is 1.41. The number of hydrogen-bond acceptors (Lipinski definition) is 5. The third-order valence-corrected chi connectivity index (χ3v) is 4.61. The second-order valence-corrected chi connectivity index (χ2v) is 6.01. The molecule has 1 aliphatic heterocycles. The molecule has 1 aromatic rings. The molecule has 2 atom stereocenters.